The van der Waals surface area contributed by atoms with Gasteiger partial charge in [-0.25, -0.2) is 0 Å². The lowest BCUT2D eigenvalue weighted by Crippen LogP contribution is -2.32. The van der Waals surface area contributed by atoms with Crippen LogP contribution in [0.4, 0.5) is 11.4 Å². The van der Waals surface area contributed by atoms with E-state index in [2.05, 4.69) is 5.32 Å². The number of nitro benzene ring substituents is 1. The van der Waals surface area contributed by atoms with Crippen LogP contribution in [-0.4, -0.2) is 34.7 Å². The van der Waals surface area contributed by atoms with E-state index in [1.165, 1.54) is 18.2 Å². The zero-order valence-electron chi connectivity index (χ0n) is 16.6. The molecule has 0 aromatic heterocycles. The van der Waals surface area contributed by atoms with E-state index in [0.29, 0.717) is 16.8 Å². The number of amides is 2. The Morgan fingerprint density at radius 3 is 2.10 bits per heavy atom. The Labute approximate surface area is 170 Å². The summed E-state index contributed by atoms with van der Waals surface area (Å²) in [7, 11) is 0. The lowest BCUT2D eigenvalue weighted by Gasteiger charge is -2.21. The maximum Gasteiger partial charge on any atom is 0.269 e. The molecule has 2 aromatic rings. The van der Waals surface area contributed by atoms with E-state index in [0.717, 1.165) is 25.9 Å². The molecule has 0 atom stereocenters. The number of anilines is 1. The summed E-state index contributed by atoms with van der Waals surface area (Å²) >= 11 is 0. The van der Waals surface area contributed by atoms with Crippen molar-refractivity contribution in [1.29, 1.82) is 0 Å². The number of non-ortho nitro benzene ring substituents is 1. The number of hydrogen-bond donors (Lipinski definition) is 1. The van der Waals surface area contributed by atoms with Gasteiger partial charge >= 0.3 is 0 Å². The highest BCUT2D eigenvalue weighted by molar-refractivity contribution is 6.02. The fourth-order valence-corrected chi connectivity index (χ4v) is 2.80. The maximum absolute atomic E-state index is 12.6. The molecule has 0 heterocycles. The van der Waals surface area contributed by atoms with E-state index in [1.807, 2.05) is 18.7 Å². The largest absolute Gasteiger partial charge is 0.339 e. The molecule has 0 bridgehead atoms. The number of rotatable bonds is 9. The minimum atomic E-state index is -0.474. The molecule has 7 heteroatoms. The van der Waals surface area contributed by atoms with Crippen LogP contribution in [0.25, 0.3) is 6.08 Å². The zero-order chi connectivity index (χ0) is 21.2. The summed E-state index contributed by atoms with van der Waals surface area (Å²) in [6.45, 7) is 5.52. The Balaban J connectivity index is 1.97. The topological polar surface area (TPSA) is 92.6 Å². The predicted molar refractivity (Wildman–Crippen MR) is 114 cm³/mol. The van der Waals surface area contributed by atoms with Gasteiger partial charge in [-0.2, -0.15) is 0 Å². The summed E-state index contributed by atoms with van der Waals surface area (Å²) in [4.78, 5) is 36.7. The van der Waals surface area contributed by atoms with Gasteiger partial charge in [-0.3, -0.25) is 19.7 Å². The van der Waals surface area contributed by atoms with Crippen molar-refractivity contribution in [2.24, 2.45) is 0 Å². The zero-order valence-corrected chi connectivity index (χ0v) is 16.6. The van der Waals surface area contributed by atoms with Gasteiger partial charge in [0.05, 0.1) is 4.92 Å². The number of nitrogens with one attached hydrogen (secondary N) is 1. The fraction of sp³-hybridized carbons (Fsp3) is 0.273. The SMILES string of the molecule is CCCN(CCC)C(=O)c1ccc(NC(=O)/C=C/c2ccc([N+](=O)[O-])cc2)cc1. The average molecular weight is 395 g/mol. The molecule has 2 aromatic carbocycles. The van der Waals surface area contributed by atoms with E-state index in [-0.39, 0.29) is 17.5 Å². The van der Waals surface area contributed by atoms with Gasteiger partial charge in [-0.1, -0.05) is 13.8 Å². The maximum atomic E-state index is 12.6. The van der Waals surface area contributed by atoms with Crippen LogP contribution in [-0.2, 0) is 4.79 Å². The summed E-state index contributed by atoms with van der Waals surface area (Å²) in [5.74, 6) is -0.342. The summed E-state index contributed by atoms with van der Waals surface area (Å²) in [5, 5.41) is 13.4. The summed E-state index contributed by atoms with van der Waals surface area (Å²) in [6, 6.07) is 12.7. The molecule has 1 N–H and O–H groups in total. The van der Waals surface area contributed by atoms with Crippen molar-refractivity contribution in [3.63, 3.8) is 0 Å². The molecule has 2 rings (SSSR count). The minimum Gasteiger partial charge on any atom is -0.339 e. The Morgan fingerprint density at radius 2 is 1.59 bits per heavy atom. The van der Waals surface area contributed by atoms with E-state index in [9.17, 15) is 19.7 Å². The molecule has 2 amide bonds. The molecule has 0 saturated carbocycles. The standard InChI is InChI=1S/C22H25N3O4/c1-3-15-24(16-4-2)22(27)18-8-10-19(11-9-18)23-21(26)14-7-17-5-12-20(13-6-17)25(28)29/h5-14H,3-4,15-16H2,1-2H3,(H,23,26)/b14-7+. The number of hydrogen-bond acceptors (Lipinski definition) is 4. The van der Waals surface area contributed by atoms with E-state index in [1.54, 1.807) is 42.5 Å². The Morgan fingerprint density at radius 1 is 1.00 bits per heavy atom. The summed E-state index contributed by atoms with van der Waals surface area (Å²) in [6.07, 6.45) is 4.73. The van der Waals surface area contributed by atoms with Gasteiger partial charge in [0.2, 0.25) is 5.91 Å². The second kappa shape index (κ2) is 10.8. The van der Waals surface area contributed by atoms with Gasteiger partial charge in [0.15, 0.2) is 0 Å². The Hall–Kier alpha value is -3.48. The van der Waals surface area contributed by atoms with Gasteiger partial charge < -0.3 is 10.2 Å². The number of carbonyl (C=O) groups excluding carboxylic acids is 2. The molecular weight excluding hydrogens is 370 g/mol. The molecule has 7 nitrogen and oxygen atoms in total. The Kier molecular flexibility index (Phi) is 8.09. The average Bonchev–Trinajstić information content (AvgIpc) is 2.72. The van der Waals surface area contributed by atoms with E-state index >= 15 is 0 Å². The number of nitro groups is 1. The quantitative estimate of drug-likeness (QED) is 0.384. The van der Waals surface area contributed by atoms with E-state index in [4.69, 9.17) is 0 Å². The van der Waals surface area contributed by atoms with Crippen LogP contribution in [0, 0.1) is 10.1 Å². The molecule has 0 aliphatic carbocycles. The van der Waals surface area contributed by atoms with Crippen molar-refractivity contribution in [1.82, 2.24) is 4.90 Å². The van der Waals surface area contributed by atoms with Gasteiger partial charge in [0, 0.05) is 42.5 Å². The lowest BCUT2D eigenvalue weighted by molar-refractivity contribution is -0.384. The highest BCUT2D eigenvalue weighted by Crippen LogP contribution is 2.14. The van der Waals surface area contributed by atoms with Gasteiger partial charge in [0.25, 0.3) is 11.6 Å². The molecule has 0 aliphatic heterocycles. The summed E-state index contributed by atoms with van der Waals surface area (Å²) < 4.78 is 0. The smallest absolute Gasteiger partial charge is 0.269 e. The normalized spacial score (nSPS) is 10.7. The second-order valence-corrected chi connectivity index (χ2v) is 6.54. The van der Waals surface area contributed by atoms with Crippen LogP contribution in [0.1, 0.15) is 42.6 Å². The molecule has 152 valence electrons. The molecule has 0 spiro atoms. The van der Waals surface area contributed by atoms with Crippen LogP contribution < -0.4 is 5.32 Å². The third kappa shape index (κ3) is 6.57. The van der Waals surface area contributed by atoms with Crippen molar-refractivity contribution in [2.75, 3.05) is 18.4 Å². The molecule has 0 aliphatic rings. The first-order chi connectivity index (χ1) is 13.9. The number of nitrogens with zero attached hydrogens (tertiary/aromatic N) is 2. The first-order valence-electron chi connectivity index (χ1n) is 9.57. The predicted octanol–water partition coefficient (Wildman–Crippen LogP) is 4.51. The monoisotopic (exact) mass is 395 g/mol. The fourth-order valence-electron chi connectivity index (χ4n) is 2.80. The summed E-state index contributed by atoms with van der Waals surface area (Å²) in [5.41, 5.74) is 1.85. The highest BCUT2D eigenvalue weighted by Gasteiger charge is 2.14. The van der Waals surface area contributed by atoms with Crippen molar-refractivity contribution in [3.05, 3.63) is 75.8 Å². The third-order valence-electron chi connectivity index (χ3n) is 4.20. The van der Waals surface area contributed by atoms with Crippen LogP contribution in [0.15, 0.2) is 54.6 Å². The molecule has 0 radical (unpaired) electrons. The van der Waals surface area contributed by atoms with Crippen molar-refractivity contribution in [3.8, 4) is 0 Å². The van der Waals surface area contributed by atoms with Crippen molar-refractivity contribution in [2.45, 2.75) is 26.7 Å². The van der Waals surface area contributed by atoms with Crippen LogP contribution in [0.3, 0.4) is 0 Å². The molecule has 0 unspecified atom stereocenters. The van der Waals surface area contributed by atoms with Crippen molar-refractivity contribution >= 4 is 29.3 Å². The van der Waals surface area contributed by atoms with Gasteiger partial charge in [-0.05, 0) is 60.9 Å². The third-order valence-corrected chi connectivity index (χ3v) is 4.20. The first-order valence-corrected chi connectivity index (χ1v) is 9.57. The molecule has 0 fully saturated rings. The highest BCUT2D eigenvalue weighted by atomic mass is 16.6. The second-order valence-electron chi connectivity index (χ2n) is 6.54. The lowest BCUT2D eigenvalue weighted by atomic mass is 10.1. The van der Waals surface area contributed by atoms with Crippen LogP contribution >= 0.6 is 0 Å². The number of carbonyl (C=O) groups is 2. The van der Waals surface area contributed by atoms with E-state index < -0.39 is 4.92 Å². The first kappa shape index (κ1) is 21.8. The van der Waals surface area contributed by atoms with Crippen LogP contribution in [0.2, 0.25) is 0 Å². The van der Waals surface area contributed by atoms with Gasteiger partial charge in [0.1, 0.15) is 0 Å². The minimum absolute atomic E-state index is 0.00215. The van der Waals surface area contributed by atoms with Gasteiger partial charge in [-0.15, -0.1) is 0 Å². The van der Waals surface area contributed by atoms with Crippen LogP contribution in [0.5, 0.6) is 0 Å². The molecular formula is C22H25N3O4. The Bertz CT molecular complexity index is 868. The molecule has 29 heavy (non-hydrogen) atoms. The number of benzene rings is 2. The molecule has 0 saturated heterocycles. The van der Waals surface area contributed by atoms with Crippen molar-refractivity contribution < 1.29 is 14.5 Å².